The van der Waals surface area contributed by atoms with Gasteiger partial charge in [-0.1, -0.05) is 18.2 Å². The second kappa shape index (κ2) is 7.76. The van der Waals surface area contributed by atoms with E-state index in [0.717, 1.165) is 22.4 Å². The summed E-state index contributed by atoms with van der Waals surface area (Å²) < 4.78 is 7.74. The second-order valence-corrected chi connectivity index (χ2v) is 6.23. The van der Waals surface area contributed by atoms with E-state index in [4.69, 9.17) is 22.2 Å². The predicted octanol–water partition coefficient (Wildman–Crippen LogP) is 3.89. The average Bonchev–Trinajstić information content (AvgIpc) is 2.97. The molecule has 0 aliphatic carbocycles. The van der Waals surface area contributed by atoms with Crippen LogP contribution in [-0.2, 0) is 6.61 Å². The first-order valence-corrected chi connectivity index (χ1v) is 8.38. The number of ether oxygens (including phenoxy) is 1. The van der Waals surface area contributed by atoms with Crippen LogP contribution in [0.25, 0.3) is 0 Å². The van der Waals surface area contributed by atoms with E-state index in [1.54, 1.807) is 18.3 Å². The summed E-state index contributed by atoms with van der Waals surface area (Å²) in [5.41, 5.74) is 3.73. The van der Waals surface area contributed by atoms with Crippen LogP contribution in [0.2, 0.25) is 0 Å². The molecular formula is C19H17N5OS. The number of aromatic amines is 1. The van der Waals surface area contributed by atoms with Crippen molar-refractivity contribution >= 4 is 18.4 Å². The molecule has 3 rings (SSSR count). The van der Waals surface area contributed by atoms with Crippen LogP contribution in [0.4, 0.5) is 0 Å². The van der Waals surface area contributed by atoms with E-state index in [2.05, 4.69) is 27.4 Å². The fourth-order valence-corrected chi connectivity index (χ4v) is 2.67. The fraction of sp³-hybridized carbons (Fsp3) is 0.158. The van der Waals surface area contributed by atoms with Crippen LogP contribution in [0, 0.1) is 29.9 Å². The van der Waals surface area contributed by atoms with Crippen LogP contribution in [0.1, 0.15) is 28.1 Å². The Balaban J connectivity index is 1.77. The van der Waals surface area contributed by atoms with Crippen molar-refractivity contribution in [3.05, 3.63) is 75.3 Å². The van der Waals surface area contributed by atoms with Crippen LogP contribution < -0.4 is 4.74 Å². The molecule has 26 heavy (non-hydrogen) atoms. The first kappa shape index (κ1) is 17.6. The summed E-state index contributed by atoms with van der Waals surface area (Å²) in [6, 6.07) is 15.2. The Morgan fingerprint density at radius 2 is 1.92 bits per heavy atom. The molecule has 7 heteroatoms. The lowest BCUT2D eigenvalue weighted by Gasteiger charge is -2.07. The largest absolute Gasteiger partial charge is 0.486 e. The monoisotopic (exact) mass is 363 g/mol. The maximum Gasteiger partial charge on any atom is 0.216 e. The molecule has 3 aromatic rings. The van der Waals surface area contributed by atoms with Gasteiger partial charge in [-0.3, -0.25) is 0 Å². The first-order valence-electron chi connectivity index (χ1n) is 7.97. The van der Waals surface area contributed by atoms with Crippen LogP contribution in [0.5, 0.6) is 5.75 Å². The van der Waals surface area contributed by atoms with Crippen LogP contribution >= 0.6 is 12.2 Å². The normalized spacial score (nSPS) is 10.8. The average molecular weight is 363 g/mol. The number of H-pyrrole nitrogens is 1. The highest BCUT2D eigenvalue weighted by atomic mass is 32.1. The van der Waals surface area contributed by atoms with E-state index in [0.29, 0.717) is 16.2 Å². The summed E-state index contributed by atoms with van der Waals surface area (Å²) in [5.74, 6) is 1.35. The molecule has 2 aromatic carbocycles. The van der Waals surface area contributed by atoms with Gasteiger partial charge in [0.2, 0.25) is 4.77 Å². The van der Waals surface area contributed by atoms with Gasteiger partial charge in [-0.05, 0) is 67.0 Å². The number of nitriles is 1. The third-order valence-electron chi connectivity index (χ3n) is 3.64. The summed E-state index contributed by atoms with van der Waals surface area (Å²) in [6.07, 6.45) is 1.66. The molecule has 1 heterocycles. The van der Waals surface area contributed by atoms with Crippen molar-refractivity contribution in [2.75, 3.05) is 0 Å². The van der Waals surface area contributed by atoms with Gasteiger partial charge in [0, 0.05) is 0 Å². The molecule has 0 unspecified atom stereocenters. The standard InChI is InChI=1S/C19H17N5OS/c1-13-7-14(2)9-17(8-13)25-12-18-22-23-19(26)24(18)21-11-16-5-3-15(10-20)4-6-16/h3-9,11H,12H2,1-2H3,(H,23,26)/b21-11-. The summed E-state index contributed by atoms with van der Waals surface area (Å²) in [6.45, 7) is 4.29. The summed E-state index contributed by atoms with van der Waals surface area (Å²) >= 11 is 5.23. The SMILES string of the molecule is Cc1cc(C)cc(OCc2n[nH]c(=S)n2/N=C\c2ccc(C#N)cc2)c1. The van der Waals surface area contributed by atoms with Gasteiger partial charge in [-0.15, -0.1) is 0 Å². The lowest BCUT2D eigenvalue weighted by Crippen LogP contribution is -2.04. The number of rotatable bonds is 5. The van der Waals surface area contributed by atoms with Crippen molar-refractivity contribution in [2.45, 2.75) is 20.5 Å². The van der Waals surface area contributed by atoms with Crippen molar-refractivity contribution in [3.63, 3.8) is 0 Å². The highest BCUT2D eigenvalue weighted by molar-refractivity contribution is 7.71. The van der Waals surface area contributed by atoms with E-state index < -0.39 is 0 Å². The van der Waals surface area contributed by atoms with Crippen molar-refractivity contribution in [2.24, 2.45) is 5.10 Å². The molecule has 0 amide bonds. The third kappa shape index (κ3) is 4.23. The number of aryl methyl sites for hydroxylation is 2. The molecule has 0 saturated heterocycles. The zero-order chi connectivity index (χ0) is 18.5. The zero-order valence-corrected chi connectivity index (χ0v) is 15.2. The highest BCUT2D eigenvalue weighted by Crippen LogP contribution is 2.17. The number of hydrogen-bond acceptors (Lipinski definition) is 5. The van der Waals surface area contributed by atoms with Gasteiger partial charge < -0.3 is 4.74 Å². The Morgan fingerprint density at radius 3 is 2.58 bits per heavy atom. The number of benzene rings is 2. The molecule has 1 aromatic heterocycles. The topological polar surface area (TPSA) is 79.0 Å². The Bertz CT molecular complexity index is 1020. The van der Waals surface area contributed by atoms with Crippen molar-refractivity contribution in [1.29, 1.82) is 5.26 Å². The number of nitrogens with one attached hydrogen (secondary N) is 1. The molecule has 0 bridgehead atoms. The summed E-state index contributed by atoms with van der Waals surface area (Å²) in [7, 11) is 0. The zero-order valence-electron chi connectivity index (χ0n) is 14.4. The third-order valence-corrected chi connectivity index (χ3v) is 3.91. The Hall–Kier alpha value is -3.24. The van der Waals surface area contributed by atoms with Crippen molar-refractivity contribution in [3.8, 4) is 11.8 Å². The van der Waals surface area contributed by atoms with E-state index in [1.165, 1.54) is 4.68 Å². The predicted molar refractivity (Wildman–Crippen MR) is 102 cm³/mol. The Labute approximate surface area is 156 Å². The molecule has 0 saturated carbocycles. The van der Waals surface area contributed by atoms with Gasteiger partial charge >= 0.3 is 0 Å². The van der Waals surface area contributed by atoms with Crippen molar-refractivity contribution < 1.29 is 4.74 Å². The lowest BCUT2D eigenvalue weighted by molar-refractivity contribution is 0.290. The molecule has 6 nitrogen and oxygen atoms in total. The maximum absolute atomic E-state index is 8.84. The van der Waals surface area contributed by atoms with E-state index in [-0.39, 0.29) is 6.61 Å². The van der Waals surface area contributed by atoms with Crippen LogP contribution in [0.15, 0.2) is 47.6 Å². The molecular weight excluding hydrogens is 346 g/mol. The van der Waals surface area contributed by atoms with Gasteiger partial charge in [-0.25, -0.2) is 5.10 Å². The quantitative estimate of drug-likeness (QED) is 0.551. The Kier molecular flexibility index (Phi) is 5.25. The minimum Gasteiger partial charge on any atom is -0.486 e. The fourth-order valence-electron chi connectivity index (χ4n) is 2.47. The highest BCUT2D eigenvalue weighted by Gasteiger charge is 2.07. The van der Waals surface area contributed by atoms with Gasteiger partial charge in [0.05, 0.1) is 17.8 Å². The van der Waals surface area contributed by atoms with Crippen molar-refractivity contribution in [1.82, 2.24) is 14.9 Å². The lowest BCUT2D eigenvalue weighted by atomic mass is 10.1. The van der Waals surface area contributed by atoms with Gasteiger partial charge in [0.15, 0.2) is 5.82 Å². The number of nitrogens with zero attached hydrogens (tertiary/aromatic N) is 4. The molecule has 0 fully saturated rings. The van der Waals surface area contributed by atoms with E-state index in [9.17, 15) is 0 Å². The molecule has 0 atom stereocenters. The van der Waals surface area contributed by atoms with Gasteiger partial charge in [0.1, 0.15) is 12.4 Å². The Morgan fingerprint density at radius 1 is 1.23 bits per heavy atom. The van der Waals surface area contributed by atoms with Gasteiger partial charge in [0.25, 0.3) is 0 Å². The number of hydrogen-bond donors (Lipinski definition) is 1. The maximum atomic E-state index is 8.84. The van der Waals surface area contributed by atoms with Crippen LogP contribution in [0.3, 0.4) is 0 Å². The molecule has 0 radical (unpaired) electrons. The van der Waals surface area contributed by atoms with E-state index >= 15 is 0 Å². The van der Waals surface area contributed by atoms with Gasteiger partial charge in [-0.2, -0.15) is 20.1 Å². The smallest absolute Gasteiger partial charge is 0.216 e. The molecule has 130 valence electrons. The second-order valence-electron chi connectivity index (χ2n) is 5.85. The summed E-state index contributed by atoms with van der Waals surface area (Å²) in [5, 5.41) is 20.1. The van der Waals surface area contributed by atoms with Crippen LogP contribution in [-0.4, -0.2) is 21.1 Å². The molecule has 1 N–H and O–H groups in total. The summed E-state index contributed by atoms with van der Waals surface area (Å²) in [4.78, 5) is 0. The minimum atomic E-state index is 0.237. The van der Waals surface area contributed by atoms with E-state index in [1.807, 2.05) is 38.1 Å². The number of aromatic nitrogens is 3. The molecule has 0 aliphatic heterocycles. The molecule has 0 spiro atoms. The minimum absolute atomic E-state index is 0.237. The molecule has 0 aliphatic rings. The first-order chi connectivity index (χ1) is 12.5.